The lowest BCUT2D eigenvalue weighted by Crippen LogP contribution is -2.29. The molecule has 0 aliphatic carbocycles. The molecule has 0 aromatic heterocycles. The Morgan fingerprint density at radius 1 is 1.12 bits per heavy atom. The highest BCUT2D eigenvalue weighted by Gasteiger charge is 2.18. The molecule has 0 saturated heterocycles. The first kappa shape index (κ1) is 19.0. The second-order valence-corrected chi connectivity index (χ2v) is 7.39. The smallest absolute Gasteiger partial charge is 0.226 e. The second-order valence-electron chi connectivity index (χ2n) is 5.18. The molecule has 0 radical (unpaired) electrons. The molecule has 2 amide bonds. The minimum atomic E-state index is -0.425. The molecule has 2 aromatic rings. The van der Waals surface area contributed by atoms with E-state index in [9.17, 15) is 9.59 Å². The molecular weight excluding hydrogens is 459 g/mol. The number of anilines is 1. The summed E-state index contributed by atoms with van der Waals surface area (Å²) in [6.45, 7) is 1.42. The zero-order valence-electron chi connectivity index (χ0n) is 12.8. The monoisotopic (exact) mass is 472 g/mol. The van der Waals surface area contributed by atoms with Gasteiger partial charge in [0.1, 0.15) is 0 Å². The maximum atomic E-state index is 12.4. The fourth-order valence-corrected chi connectivity index (χ4v) is 3.01. The van der Waals surface area contributed by atoms with Gasteiger partial charge >= 0.3 is 0 Å². The van der Waals surface area contributed by atoms with Crippen LogP contribution in [0.4, 0.5) is 5.69 Å². The predicted octanol–water partition coefficient (Wildman–Crippen LogP) is 5.07. The summed E-state index contributed by atoms with van der Waals surface area (Å²) in [7, 11) is 0. The molecule has 0 fully saturated rings. The molecule has 126 valence electrons. The Morgan fingerprint density at radius 3 is 2.42 bits per heavy atom. The number of benzene rings is 2. The van der Waals surface area contributed by atoms with Crippen molar-refractivity contribution in [2.75, 3.05) is 5.32 Å². The predicted molar refractivity (Wildman–Crippen MR) is 103 cm³/mol. The van der Waals surface area contributed by atoms with Crippen molar-refractivity contribution in [1.82, 2.24) is 5.32 Å². The molecule has 24 heavy (non-hydrogen) atoms. The molecule has 0 heterocycles. The molecule has 0 bridgehead atoms. The molecule has 0 spiro atoms. The van der Waals surface area contributed by atoms with Gasteiger partial charge in [0.2, 0.25) is 11.8 Å². The largest absolute Gasteiger partial charge is 0.349 e. The van der Waals surface area contributed by atoms with Crippen molar-refractivity contribution in [3.05, 3.63) is 62.0 Å². The fraction of sp³-hybridized carbons (Fsp3) is 0.176. The molecule has 1 unspecified atom stereocenters. The normalized spacial score (nSPS) is 11.7. The Bertz CT molecular complexity index is 751. The van der Waals surface area contributed by atoms with Crippen LogP contribution in [0.3, 0.4) is 0 Å². The van der Waals surface area contributed by atoms with E-state index in [1.807, 2.05) is 12.1 Å². The Balaban J connectivity index is 2.13. The lowest BCUT2D eigenvalue weighted by molar-refractivity contribution is -0.120. The van der Waals surface area contributed by atoms with Crippen molar-refractivity contribution in [3.63, 3.8) is 0 Å². The molecule has 2 N–H and O–H groups in total. The maximum Gasteiger partial charge on any atom is 0.226 e. The zero-order chi connectivity index (χ0) is 17.7. The lowest BCUT2D eigenvalue weighted by Gasteiger charge is -2.18. The van der Waals surface area contributed by atoms with Crippen LogP contribution in [-0.2, 0) is 9.59 Å². The highest BCUT2D eigenvalue weighted by atomic mass is 79.9. The van der Waals surface area contributed by atoms with Gasteiger partial charge in [-0.25, -0.2) is 0 Å². The molecule has 2 aromatic carbocycles. The van der Waals surface area contributed by atoms with Crippen LogP contribution in [0.25, 0.3) is 0 Å². The molecule has 0 aliphatic heterocycles. The number of halogens is 3. The number of hydrogen-bond donors (Lipinski definition) is 2. The number of hydrogen-bond acceptors (Lipinski definition) is 2. The van der Waals surface area contributed by atoms with Crippen LogP contribution in [0.5, 0.6) is 0 Å². The number of carbonyl (C=O) groups excluding carboxylic acids is 2. The summed E-state index contributed by atoms with van der Waals surface area (Å²) >= 11 is 12.7. The SMILES string of the molecule is CC(=O)NC(CC(=O)Nc1cc(Br)ccc1Br)c1ccc(Cl)cc1. The van der Waals surface area contributed by atoms with Gasteiger partial charge in [-0.05, 0) is 51.8 Å². The van der Waals surface area contributed by atoms with Crippen LogP contribution in [0.2, 0.25) is 5.02 Å². The molecule has 1 atom stereocenters. The van der Waals surface area contributed by atoms with E-state index in [1.54, 1.807) is 30.3 Å². The summed E-state index contributed by atoms with van der Waals surface area (Å²) in [5.74, 6) is -0.408. The number of carbonyl (C=O) groups is 2. The van der Waals surface area contributed by atoms with E-state index >= 15 is 0 Å². The lowest BCUT2D eigenvalue weighted by atomic mass is 10.0. The van der Waals surface area contributed by atoms with Gasteiger partial charge < -0.3 is 10.6 Å². The first-order valence-electron chi connectivity index (χ1n) is 7.12. The van der Waals surface area contributed by atoms with Gasteiger partial charge in [0, 0.05) is 20.9 Å². The Hall–Kier alpha value is -1.37. The van der Waals surface area contributed by atoms with Gasteiger partial charge in [0.05, 0.1) is 18.2 Å². The summed E-state index contributed by atoms with van der Waals surface area (Å²) in [5, 5.41) is 6.24. The Labute approximate surface area is 162 Å². The van der Waals surface area contributed by atoms with Crippen molar-refractivity contribution in [2.45, 2.75) is 19.4 Å². The molecule has 0 saturated carbocycles. The van der Waals surface area contributed by atoms with Gasteiger partial charge in [-0.3, -0.25) is 9.59 Å². The molecule has 0 aliphatic rings. The van der Waals surface area contributed by atoms with E-state index in [1.165, 1.54) is 6.92 Å². The first-order chi connectivity index (χ1) is 11.3. The molecule has 7 heteroatoms. The summed E-state index contributed by atoms with van der Waals surface area (Å²) in [6, 6.07) is 12.1. The number of amides is 2. The molecular formula is C17H15Br2ClN2O2. The van der Waals surface area contributed by atoms with Crippen LogP contribution >= 0.6 is 43.5 Å². The maximum absolute atomic E-state index is 12.4. The van der Waals surface area contributed by atoms with Gasteiger partial charge in [0.25, 0.3) is 0 Å². The van der Waals surface area contributed by atoms with E-state index in [4.69, 9.17) is 11.6 Å². The van der Waals surface area contributed by atoms with Crippen LogP contribution in [0.15, 0.2) is 51.4 Å². The van der Waals surface area contributed by atoms with Crippen LogP contribution < -0.4 is 10.6 Å². The molecule has 4 nitrogen and oxygen atoms in total. The average molecular weight is 475 g/mol. The third-order valence-electron chi connectivity index (χ3n) is 3.24. The van der Waals surface area contributed by atoms with Gasteiger partial charge in [0.15, 0.2) is 0 Å². The Kier molecular flexibility index (Phi) is 6.83. The number of rotatable bonds is 5. The van der Waals surface area contributed by atoms with Crippen LogP contribution in [-0.4, -0.2) is 11.8 Å². The summed E-state index contributed by atoms with van der Waals surface area (Å²) in [5.41, 5.74) is 1.48. The first-order valence-corrected chi connectivity index (χ1v) is 9.09. The van der Waals surface area contributed by atoms with E-state index < -0.39 is 6.04 Å². The minimum absolute atomic E-state index is 0.111. The van der Waals surface area contributed by atoms with Crippen molar-refractivity contribution in [2.24, 2.45) is 0 Å². The van der Waals surface area contributed by atoms with Crippen LogP contribution in [0.1, 0.15) is 24.9 Å². The van der Waals surface area contributed by atoms with E-state index in [2.05, 4.69) is 42.5 Å². The van der Waals surface area contributed by atoms with Crippen molar-refractivity contribution < 1.29 is 9.59 Å². The highest BCUT2D eigenvalue weighted by molar-refractivity contribution is 9.11. The van der Waals surface area contributed by atoms with E-state index in [-0.39, 0.29) is 18.2 Å². The third kappa shape index (κ3) is 5.61. The van der Waals surface area contributed by atoms with Gasteiger partial charge in [-0.15, -0.1) is 0 Å². The zero-order valence-corrected chi connectivity index (χ0v) is 16.7. The van der Waals surface area contributed by atoms with E-state index in [0.717, 1.165) is 14.5 Å². The summed E-state index contributed by atoms with van der Waals surface area (Å²) in [4.78, 5) is 23.8. The Morgan fingerprint density at radius 2 is 1.79 bits per heavy atom. The van der Waals surface area contributed by atoms with Gasteiger partial charge in [-0.1, -0.05) is 39.7 Å². The van der Waals surface area contributed by atoms with Crippen molar-refractivity contribution in [3.8, 4) is 0 Å². The highest BCUT2D eigenvalue weighted by Crippen LogP contribution is 2.27. The van der Waals surface area contributed by atoms with E-state index in [0.29, 0.717) is 10.7 Å². The topological polar surface area (TPSA) is 58.2 Å². The minimum Gasteiger partial charge on any atom is -0.349 e. The quantitative estimate of drug-likeness (QED) is 0.636. The van der Waals surface area contributed by atoms with Gasteiger partial charge in [-0.2, -0.15) is 0 Å². The summed E-state index contributed by atoms with van der Waals surface area (Å²) < 4.78 is 1.64. The van der Waals surface area contributed by atoms with Crippen LogP contribution in [0, 0.1) is 0 Å². The number of nitrogens with one attached hydrogen (secondary N) is 2. The fourth-order valence-electron chi connectivity index (χ4n) is 2.17. The van der Waals surface area contributed by atoms with Crippen molar-refractivity contribution >= 4 is 61.0 Å². The average Bonchev–Trinajstić information content (AvgIpc) is 2.50. The second kappa shape index (κ2) is 8.65. The third-order valence-corrected chi connectivity index (χ3v) is 4.68. The standard InChI is InChI=1S/C17H15Br2ClN2O2/c1-10(23)21-15(11-2-5-13(20)6-3-11)9-17(24)22-16-8-12(18)4-7-14(16)19/h2-8,15H,9H2,1H3,(H,21,23)(H,22,24). The summed E-state index contributed by atoms with van der Waals surface area (Å²) in [6.07, 6.45) is 0.111. The molecule has 2 rings (SSSR count). The van der Waals surface area contributed by atoms with Crippen molar-refractivity contribution in [1.29, 1.82) is 0 Å².